The van der Waals surface area contributed by atoms with Crippen LogP contribution >= 0.6 is 0 Å². The van der Waals surface area contributed by atoms with Crippen LogP contribution in [0.1, 0.15) is 26.3 Å². The van der Waals surface area contributed by atoms with Crippen LogP contribution in [-0.4, -0.2) is 34.4 Å². The predicted octanol–water partition coefficient (Wildman–Crippen LogP) is 2.13. The molecule has 0 spiro atoms. The molecule has 0 heterocycles. The molecule has 0 amide bonds. The van der Waals surface area contributed by atoms with Gasteiger partial charge in [0.15, 0.2) is 0 Å². The molecular formula is C14H19NO7. The van der Waals surface area contributed by atoms with E-state index >= 15 is 0 Å². The number of carboxylic acid groups (broad SMARTS) is 1. The van der Waals surface area contributed by atoms with Crippen LogP contribution in [0.15, 0.2) is 24.3 Å². The SMILES string of the molecule is CC(=O)C(=O)O.CCOC(C)=O.Cc1ccccc1[N+](=O)[O-]. The Morgan fingerprint density at radius 1 is 1.23 bits per heavy atom. The van der Waals surface area contributed by atoms with Gasteiger partial charge in [-0.1, -0.05) is 18.2 Å². The zero-order valence-electron chi connectivity index (χ0n) is 12.9. The van der Waals surface area contributed by atoms with E-state index in [1.54, 1.807) is 32.0 Å². The van der Waals surface area contributed by atoms with Gasteiger partial charge < -0.3 is 9.84 Å². The number of esters is 1. The minimum Gasteiger partial charge on any atom is -0.476 e. The molecule has 1 aromatic carbocycles. The molecular weight excluding hydrogens is 294 g/mol. The molecule has 1 N–H and O–H groups in total. The first-order chi connectivity index (χ1) is 10.1. The number of carbonyl (C=O) groups is 3. The summed E-state index contributed by atoms with van der Waals surface area (Å²) in [5.74, 6) is -2.41. The summed E-state index contributed by atoms with van der Waals surface area (Å²) < 4.78 is 4.40. The number of carboxylic acids is 1. The van der Waals surface area contributed by atoms with Gasteiger partial charge >= 0.3 is 11.9 Å². The molecule has 0 aliphatic heterocycles. The number of hydrogen-bond donors (Lipinski definition) is 1. The van der Waals surface area contributed by atoms with Gasteiger partial charge in [0, 0.05) is 25.5 Å². The van der Waals surface area contributed by atoms with Crippen LogP contribution in [0.3, 0.4) is 0 Å². The summed E-state index contributed by atoms with van der Waals surface area (Å²) in [4.78, 5) is 38.6. The summed E-state index contributed by atoms with van der Waals surface area (Å²) in [6, 6.07) is 6.65. The molecule has 0 fully saturated rings. The lowest BCUT2D eigenvalue weighted by molar-refractivity contribution is -0.385. The lowest BCUT2D eigenvalue weighted by Gasteiger charge is -1.92. The van der Waals surface area contributed by atoms with Crippen molar-refractivity contribution in [3.05, 3.63) is 39.9 Å². The maximum absolute atomic E-state index is 10.2. The maximum Gasteiger partial charge on any atom is 0.371 e. The molecule has 0 aliphatic carbocycles. The summed E-state index contributed by atoms with van der Waals surface area (Å²) in [7, 11) is 0. The fourth-order valence-electron chi connectivity index (χ4n) is 0.972. The Bertz CT molecular complexity index is 514. The molecule has 8 nitrogen and oxygen atoms in total. The molecule has 0 saturated heterocycles. The molecule has 1 rings (SSSR count). The van der Waals surface area contributed by atoms with Crippen LogP contribution in [0.25, 0.3) is 0 Å². The van der Waals surface area contributed by atoms with E-state index in [-0.39, 0.29) is 16.6 Å². The number of benzene rings is 1. The molecule has 1 aromatic rings. The molecule has 0 aliphatic rings. The predicted molar refractivity (Wildman–Crippen MR) is 78.5 cm³/mol. The molecule has 0 unspecified atom stereocenters. The largest absolute Gasteiger partial charge is 0.476 e. The van der Waals surface area contributed by atoms with E-state index in [0.29, 0.717) is 12.2 Å². The van der Waals surface area contributed by atoms with Crippen LogP contribution in [0, 0.1) is 17.0 Å². The van der Waals surface area contributed by atoms with Gasteiger partial charge in [-0.15, -0.1) is 0 Å². The minimum absolute atomic E-state index is 0.183. The Kier molecular flexibility index (Phi) is 11.7. The summed E-state index contributed by atoms with van der Waals surface area (Å²) in [5.41, 5.74) is 0.884. The minimum atomic E-state index is -1.38. The number of carbonyl (C=O) groups excluding carboxylic acids is 2. The zero-order chi connectivity index (χ0) is 17.7. The number of nitrogens with zero attached hydrogens (tertiary/aromatic N) is 1. The summed E-state index contributed by atoms with van der Waals surface area (Å²) in [6.07, 6.45) is 0. The fraction of sp³-hybridized carbons (Fsp3) is 0.357. The standard InChI is InChI=1S/C7H7NO2.C4H8O2.C3H4O3/c1-6-4-2-3-5-7(6)8(9)10;1-3-6-4(2)5;1-2(4)3(5)6/h2-5H,1H3;3H2,1-2H3;1H3,(H,5,6). The van der Waals surface area contributed by atoms with Gasteiger partial charge in [-0.25, -0.2) is 4.79 Å². The number of nitro groups is 1. The summed E-state index contributed by atoms with van der Waals surface area (Å²) in [6.45, 7) is 6.38. The Morgan fingerprint density at radius 3 is 1.86 bits per heavy atom. The third kappa shape index (κ3) is 12.3. The van der Waals surface area contributed by atoms with Crippen molar-refractivity contribution in [2.75, 3.05) is 6.61 Å². The lowest BCUT2D eigenvalue weighted by Crippen LogP contribution is -2.05. The normalized spacial score (nSPS) is 8.36. The van der Waals surface area contributed by atoms with Crippen molar-refractivity contribution in [2.24, 2.45) is 0 Å². The molecule has 0 atom stereocenters. The monoisotopic (exact) mass is 313 g/mol. The first-order valence-corrected chi connectivity index (χ1v) is 6.20. The van der Waals surface area contributed by atoms with E-state index in [1.165, 1.54) is 13.0 Å². The number of Topliss-reactive ketones (excluding diaryl/α,β-unsaturated/α-hetero) is 1. The van der Waals surface area contributed by atoms with Crippen molar-refractivity contribution in [3.63, 3.8) is 0 Å². The van der Waals surface area contributed by atoms with Gasteiger partial charge in [0.25, 0.3) is 5.69 Å². The van der Waals surface area contributed by atoms with E-state index in [2.05, 4.69) is 4.74 Å². The average Bonchev–Trinajstić information content (AvgIpc) is 2.40. The van der Waals surface area contributed by atoms with Gasteiger partial charge in [-0.3, -0.25) is 19.7 Å². The average molecular weight is 313 g/mol. The number of rotatable bonds is 3. The van der Waals surface area contributed by atoms with Crippen molar-refractivity contribution < 1.29 is 29.2 Å². The molecule has 8 heteroatoms. The highest BCUT2D eigenvalue weighted by Gasteiger charge is 2.06. The van der Waals surface area contributed by atoms with Gasteiger partial charge in [0.2, 0.25) is 5.78 Å². The number of aryl methyl sites for hydroxylation is 1. The Hall–Kier alpha value is -2.77. The number of ketones is 1. The van der Waals surface area contributed by atoms with Crippen molar-refractivity contribution >= 4 is 23.4 Å². The van der Waals surface area contributed by atoms with Crippen LogP contribution in [0.2, 0.25) is 0 Å². The van der Waals surface area contributed by atoms with Crippen LogP contribution in [0.4, 0.5) is 5.69 Å². The van der Waals surface area contributed by atoms with Crippen molar-refractivity contribution in [1.29, 1.82) is 0 Å². The van der Waals surface area contributed by atoms with Crippen LogP contribution in [0.5, 0.6) is 0 Å². The van der Waals surface area contributed by atoms with E-state index in [4.69, 9.17) is 5.11 Å². The highest BCUT2D eigenvalue weighted by Crippen LogP contribution is 2.14. The topological polar surface area (TPSA) is 124 Å². The van der Waals surface area contributed by atoms with E-state index in [1.807, 2.05) is 0 Å². The quantitative estimate of drug-likeness (QED) is 0.392. The van der Waals surface area contributed by atoms with Gasteiger partial charge in [0.05, 0.1) is 11.5 Å². The first kappa shape index (κ1) is 21.5. The van der Waals surface area contributed by atoms with Gasteiger partial charge in [0.1, 0.15) is 0 Å². The number of para-hydroxylation sites is 1. The number of hydrogen-bond acceptors (Lipinski definition) is 6. The second-order valence-electron chi connectivity index (χ2n) is 3.83. The molecule has 0 aromatic heterocycles. The molecule has 22 heavy (non-hydrogen) atoms. The summed E-state index contributed by atoms with van der Waals surface area (Å²) >= 11 is 0. The highest BCUT2D eigenvalue weighted by atomic mass is 16.6. The van der Waals surface area contributed by atoms with Gasteiger partial charge in [-0.2, -0.15) is 0 Å². The van der Waals surface area contributed by atoms with E-state index < -0.39 is 11.8 Å². The maximum atomic E-state index is 10.2. The lowest BCUT2D eigenvalue weighted by atomic mass is 10.2. The number of nitro benzene ring substituents is 1. The Morgan fingerprint density at radius 2 is 1.68 bits per heavy atom. The molecule has 0 radical (unpaired) electrons. The third-order valence-corrected chi connectivity index (χ3v) is 1.96. The second kappa shape index (κ2) is 12.0. The number of ether oxygens (including phenoxy) is 1. The Balaban J connectivity index is 0. The van der Waals surface area contributed by atoms with Crippen LogP contribution < -0.4 is 0 Å². The van der Waals surface area contributed by atoms with Crippen molar-refractivity contribution in [2.45, 2.75) is 27.7 Å². The highest BCUT2D eigenvalue weighted by molar-refractivity contribution is 6.31. The molecule has 0 saturated carbocycles. The molecule has 122 valence electrons. The molecule has 0 bridgehead atoms. The summed E-state index contributed by atoms with van der Waals surface area (Å²) in [5, 5.41) is 17.9. The van der Waals surface area contributed by atoms with Crippen molar-refractivity contribution in [3.8, 4) is 0 Å². The first-order valence-electron chi connectivity index (χ1n) is 6.20. The number of aliphatic carboxylic acids is 1. The van der Waals surface area contributed by atoms with Gasteiger partial charge in [-0.05, 0) is 13.8 Å². The smallest absolute Gasteiger partial charge is 0.371 e. The second-order valence-corrected chi connectivity index (χ2v) is 3.83. The van der Waals surface area contributed by atoms with Crippen molar-refractivity contribution in [1.82, 2.24) is 0 Å². The third-order valence-electron chi connectivity index (χ3n) is 1.96. The Labute approximate surface area is 127 Å². The van der Waals surface area contributed by atoms with E-state index in [9.17, 15) is 24.5 Å². The van der Waals surface area contributed by atoms with Crippen LogP contribution in [-0.2, 0) is 19.1 Å². The van der Waals surface area contributed by atoms with E-state index in [0.717, 1.165) is 6.92 Å². The zero-order valence-corrected chi connectivity index (χ0v) is 12.9. The fourth-order valence-corrected chi connectivity index (χ4v) is 0.972.